The summed E-state index contributed by atoms with van der Waals surface area (Å²) in [6.45, 7) is 2.41. The number of thiophene rings is 1. The van der Waals surface area contributed by atoms with Gasteiger partial charge < -0.3 is 5.11 Å². The van der Waals surface area contributed by atoms with Crippen LogP contribution in [0.5, 0.6) is 0 Å². The van der Waals surface area contributed by atoms with Gasteiger partial charge in [0.1, 0.15) is 10.7 Å². The van der Waals surface area contributed by atoms with Crippen LogP contribution in [0.2, 0.25) is 0 Å². The van der Waals surface area contributed by atoms with Crippen molar-refractivity contribution in [3.05, 3.63) is 26.6 Å². The molecule has 0 fully saturated rings. The number of aryl methyl sites for hydroxylation is 3. The highest BCUT2D eigenvalue weighted by atomic mass is 32.1. The maximum Gasteiger partial charge on any atom is 0.303 e. The largest absolute Gasteiger partial charge is 0.481 e. The first-order valence-electron chi connectivity index (χ1n) is 7.87. The van der Waals surface area contributed by atoms with E-state index in [2.05, 4.69) is 0 Å². The van der Waals surface area contributed by atoms with Gasteiger partial charge in [0.2, 0.25) is 0 Å². The normalized spacial score (nSPS) is 14.2. The van der Waals surface area contributed by atoms with E-state index in [9.17, 15) is 9.59 Å². The molecule has 3 rings (SSSR count). The lowest BCUT2D eigenvalue weighted by Gasteiger charge is -2.12. The van der Waals surface area contributed by atoms with Crippen LogP contribution in [0.3, 0.4) is 0 Å². The molecule has 0 amide bonds. The van der Waals surface area contributed by atoms with E-state index in [0.717, 1.165) is 35.3 Å². The summed E-state index contributed by atoms with van der Waals surface area (Å²) in [6, 6.07) is 0. The zero-order valence-electron chi connectivity index (χ0n) is 12.7. The summed E-state index contributed by atoms with van der Waals surface area (Å²) in [4.78, 5) is 30.5. The van der Waals surface area contributed by atoms with E-state index in [0.29, 0.717) is 19.4 Å². The van der Waals surface area contributed by atoms with Crippen LogP contribution < -0.4 is 5.56 Å². The number of fused-ring (bicyclic) bond motifs is 3. The number of aliphatic carboxylic acids is 1. The predicted molar refractivity (Wildman–Crippen MR) is 86.8 cm³/mol. The lowest BCUT2D eigenvalue weighted by molar-refractivity contribution is -0.137. The van der Waals surface area contributed by atoms with Crippen LogP contribution in [0.1, 0.15) is 48.9 Å². The number of hydrogen-bond acceptors (Lipinski definition) is 4. The van der Waals surface area contributed by atoms with Gasteiger partial charge >= 0.3 is 5.97 Å². The van der Waals surface area contributed by atoms with Gasteiger partial charge in [-0.15, -0.1) is 11.3 Å². The average molecular weight is 320 g/mol. The Kier molecular flexibility index (Phi) is 4.29. The Bertz CT molecular complexity index is 776. The van der Waals surface area contributed by atoms with Crippen molar-refractivity contribution < 1.29 is 9.90 Å². The first kappa shape index (κ1) is 15.2. The van der Waals surface area contributed by atoms with Crippen LogP contribution in [0.4, 0.5) is 0 Å². The first-order valence-corrected chi connectivity index (χ1v) is 8.69. The van der Waals surface area contributed by atoms with Crippen molar-refractivity contribution in [3.63, 3.8) is 0 Å². The third-order valence-electron chi connectivity index (χ3n) is 4.24. The van der Waals surface area contributed by atoms with Crippen molar-refractivity contribution in [2.24, 2.45) is 0 Å². The number of hydrogen-bond donors (Lipinski definition) is 1. The van der Waals surface area contributed by atoms with Crippen molar-refractivity contribution in [2.45, 2.75) is 58.4 Å². The van der Waals surface area contributed by atoms with E-state index in [-0.39, 0.29) is 12.0 Å². The van der Waals surface area contributed by atoms with Gasteiger partial charge in [0.25, 0.3) is 5.56 Å². The number of carboxylic acids is 1. The highest BCUT2D eigenvalue weighted by Crippen LogP contribution is 2.33. The molecule has 0 saturated carbocycles. The highest BCUT2D eigenvalue weighted by Gasteiger charge is 2.21. The van der Waals surface area contributed by atoms with Gasteiger partial charge in [-0.25, -0.2) is 4.98 Å². The Balaban J connectivity index is 2.08. The molecule has 0 unspecified atom stereocenters. The Morgan fingerprint density at radius 3 is 2.86 bits per heavy atom. The molecular weight excluding hydrogens is 300 g/mol. The Morgan fingerprint density at radius 1 is 1.36 bits per heavy atom. The zero-order valence-corrected chi connectivity index (χ0v) is 13.5. The monoisotopic (exact) mass is 320 g/mol. The van der Waals surface area contributed by atoms with Gasteiger partial charge in [-0.2, -0.15) is 0 Å². The number of rotatable bonds is 5. The van der Waals surface area contributed by atoms with Crippen LogP contribution in [-0.4, -0.2) is 20.6 Å². The quantitative estimate of drug-likeness (QED) is 0.919. The van der Waals surface area contributed by atoms with Crippen LogP contribution in [0.15, 0.2) is 4.79 Å². The molecule has 2 aromatic heterocycles. The molecule has 0 aliphatic heterocycles. The van der Waals surface area contributed by atoms with E-state index in [1.54, 1.807) is 15.9 Å². The summed E-state index contributed by atoms with van der Waals surface area (Å²) in [7, 11) is 0. The topological polar surface area (TPSA) is 72.2 Å². The van der Waals surface area contributed by atoms with Gasteiger partial charge in [0.05, 0.1) is 5.39 Å². The van der Waals surface area contributed by atoms with Gasteiger partial charge in [0, 0.05) is 24.3 Å². The zero-order chi connectivity index (χ0) is 15.7. The molecule has 22 heavy (non-hydrogen) atoms. The van der Waals surface area contributed by atoms with Gasteiger partial charge in [0.15, 0.2) is 0 Å². The van der Waals surface area contributed by atoms with Crippen LogP contribution in [-0.2, 0) is 30.6 Å². The fourth-order valence-corrected chi connectivity index (χ4v) is 4.44. The molecule has 2 heterocycles. The molecular formula is C16H20N2O3S. The molecule has 0 bridgehead atoms. The molecule has 1 aliphatic rings. The van der Waals surface area contributed by atoms with Crippen LogP contribution in [0.25, 0.3) is 10.2 Å². The minimum absolute atomic E-state index is 0.0200. The van der Waals surface area contributed by atoms with Gasteiger partial charge in [-0.3, -0.25) is 14.2 Å². The van der Waals surface area contributed by atoms with Crippen LogP contribution in [0, 0.1) is 0 Å². The minimum atomic E-state index is -0.826. The Morgan fingerprint density at radius 2 is 2.14 bits per heavy atom. The number of nitrogens with zero attached hydrogens (tertiary/aromatic N) is 2. The molecule has 1 N–H and O–H groups in total. The predicted octanol–water partition coefficient (Wildman–Crippen LogP) is 2.76. The summed E-state index contributed by atoms with van der Waals surface area (Å²) < 4.78 is 1.69. The SMILES string of the molecule is CCc1nc2sc3c(c2c(=O)n1CCCC(=O)O)CCCC3. The number of carboxylic acid groups (broad SMARTS) is 1. The molecule has 118 valence electrons. The van der Waals surface area contributed by atoms with E-state index >= 15 is 0 Å². The van der Waals surface area contributed by atoms with Crippen LogP contribution >= 0.6 is 11.3 Å². The maximum absolute atomic E-state index is 12.9. The van der Waals surface area contributed by atoms with Gasteiger partial charge in [-0.1, -0.05) is 6.92 Å². The van der Waals surface area contributed by atoms with Crippen molar-refractivity contribution in [2.75, 3.05) is 0 Å². The summed E-state index contributed by atoms with van der Waals surface area (Å²) in [5, 5.41) is 9.57. The molecule has 1 aliphatic carbocycles. The maximum atomic E-state index is 12.9. The Hall–Kier alpha value is -1.69. The second-order valence-corrected chi connectivity index (χ2v) is 6.81. The molecule has 0 aromatic carbocycles. The molecule has 6 heteroatoms. The molecule has 2 aromatic rings. The summed E-state index contributed by atoms with van der Waals surface area (Å²) >= 11 is 1.66. The molecule has 0 radical (unpaired) electrons. The average Bonchev–Trinajstić information content (AvgIpc) is 2.87. The summed E-state index contributed by atoms with van der Waals surface area (Å²) in [6.07, 6.45) is 5.56. The molecule has 5 nitrogen and oxygen atoms in total. The van der Waals surface area contributed by atoms with E-state index in [1.165, 1.54) is 16.9 Å². The molecule has 0 saturated heterocycles. The second-order valence-electron chi connectivity index (χ2n) is 5.73. The van der Waals surface area contributed by atoms with Crippen molar-refractivity contribution in [1.82, 2.24) is 9.55 Å². The lowest BCUT2D eigenvalue weighted by atomic mass is 9.97. The fourth-order valence-electron chi connectivity index (χ4n) is 3.17. The van der Waals surface area contributed by atoms with Crippen molar-refractivity contribution in [3.8, 4) is 0 Å². The second kappa shape index (κ2) is 6.20. The fraction of sp³-hybridized carbons (Fsp3) is 0.562. The van der Waals surface area contributed by atoms with Crippen molar-refractivity contribution >= 4 is 27.5 Å². The van der Waals surface area contributed by atoms with E-state index in [4.69, 9.17) is 10.1 Å². The molecule has 0 atom stereocenters. The number of carbonyl (C=O) groups is 1. The smallest absolute Gasteiger partial charge is 0.303 e. The van der Waals surface area contributed by atoms with E-state index in [1.807, 2.05) is 6.92 Å². The van der Waals surface area contributed by atoms with Crippen molar-refractivity contribution in [1.29, 1.82) is 0 Å². The Labute approximate surface area is 132 Å². The third kappa shape index (κ3) is 2.67. The summed E-state index contributed by atoms with van der Waals surface area (Å²) in [5.41, 5.74) is 1.21. The third-order valence-corrected chi connectivity index (χ3v) is 5.43. The summed E-state index contributed by atoms with van der Waals surface area (Å²) in [5.74, 6) is -0.0606. The number of aromatic nitrogens is 2. The van der Waals surface area contributed by atoms with E-state index < -0.39 is 5.97 Å². The standard InChI is InChI=1S/C16H20N2O3S/c1-2-12-17-15-14(10-6-3-4-7-11(10)22-15)16(21)18(12)9-5-8-13(19)20/h2-9H2,1H3,(H,19,20). The lowest BCUT2D eigenvalue weighted by Crippen LogP contribution is -2.26. The van der Waals surface area contributed by atoms with Gasteiger partial charge in [-0.05, 0) is 37.7 Å². The minimum Gasteiger partial charge on any atom is -0.481 e. The highest BCUT2D eigenvalue weighted by molar-refractivity contribution is 7.18. The molecule has 0 spiro atoms. The first-order chi connectivity index (χ1) is 10.6.